The van der Waals surface area contributed by atoms with E-state index in [2.05, 4.69) is 51.3 Å². The Labute approximate surface area is 178 Å². The second-order valence-corrected chi connectivity index (χ2v) is 11.0. The maximum atomic E-state index is 10.3. The van der Waals surface area contributed by atoms with Gasteiger partial charge in [0.25, 0.3) is 6.57 Å². The van der Waals surface area contributed by atoms with Crippen LogP contribution in [0.3, 0.4) is 0 Å². The monoisotopic (exact) mass is 394 g/mol. The molecule has 0 aromatic heterocycles. The van der Waals surface area contributed by atoms with Crippen LogP contribution in [0.4, 0.5) is 0 Å². The molecule has 7 atom stereocenters. The first-order valence-corrected chi connectivity index (χ1v) is 11.9. The lowest BCUT2D eigenvalue weighted by Gasteiger charge is -2.44. The minimum absolute atomic E-state index is 0.179. The van der Waals surface area contributed by atoms with Gasteiger partial charge in [0, 0.05) is 12.0 Å². The third-order valence-corrected chi connectivity index (χ3v) is 9.87. The highest BCUT2D eigenvalue weighted by atomic mass is 16.3. The molecule has 158 valence electrons. The molecule has 0 aliphatic heterocycles. The van der Waals surface area contributed by atoms with E-state index < -0.39 is 6.10 Å². The molecule has 0 saturated heterocycles. The van der Waals surface area contributed by atoms with E-state index in [1.54, 1.807) is 0 Å². The van der Waals surface area contributed by atoms with Crippen LogP contribution in [0, 0.1) is 35.2 Å². The van der Waals surface area contributed by atoms with Gasteiger partial charge >= 0.3 is 5.54 Å². The minimum Gasteiger partial charge on any atom is -0.388 e. The number of allylic oxidation sites excluding steroid dienone is 2. The summed E-state index contributed by atoms with van der Waals surface area (Å²) in [6, 6.07) is 0. The van der Waals surface area contributed by atoms with Crippen LogP contribution in [0.1, 0.15) is 85.5 Å². The molecular formula is C27H40NO+. The van der Waals surface area contributed by atoms with Gasteiger partial charge < -0.3 is 5.11 Å². The zero-order valence-corrected chi connectivity index (χ0v) is 19.0. The molecule has 0 spiro atoms. The fraction of sp³-hybridized carbons (Fsp3) is 0.741. The van der Waals surface area contributed by atoms with E-state index in [0.717, 1.165) is 43.1 Å². The first kappa shape index (κ1) is 20.9. The van der Waals surface area contributed by atoms with E-state index in [1.807, 2.05) is 0 Å². The maximum Gasteiger partial charge on any atom is 0.307 e. The zero-order chi connectivity index (χ0) is 21.0. The molecule has 4 rings (SSSR count). The smallest absolute Gasteiger partial charge is 0.307 e. The lowest BCUT2D eigenvalue weighted by Crippen LogP contribution is -2.48. The van der Waals surface area contributed by atoms with Crippen LogP contribution in [0.15, 0.2) is 35.5 Å². The standard InChI is InChI=1S/C27H40NO/c1-7-26(17-19(26)3)24-12-14-27(28-6)22(9-8-13-25(24,27)5)11-10-21-15-18(2)20(4)23(29)16-21/h6,10-11,18-19,23-24,29H,4,7-9,12-17H2,1-3,5H3/q+1/b21-10+,22-11+/t18-,19?,23-,24+,25-,26-,27-/m1/s1. The van der Waals surface area contributed by atoms with E-state index in [0.29, 0.717) is 11.3 Å². The number of nitrogens with zero attached hydrogens (tertiary/aromatic N) is 1. The highest BCUT2D eigenvalue weighted by Crippen LogP contribution is 2.73. The van der Waals surface area contributed by atoms with Gasteiger partial charge in [0.1, 0.15) is 0 Å². The average Bonchev–Trinajstić information content (AvgIpc) is 3.24. The van der Waals surface area contributed by atoms with Crippen molar-refractivity contribution in [2.24, 2.45) is 28.6 Å². The van der Waals surface area contributed by atoms with Gasteiger partial charge in [-0.2, -0.15) is 0 Å². The Morgan fingerprint density at radius 1 is 1.24 bits per heavy atom. The molecule has 0 heterocycles. The minimum atomic E-state index is -0.398. The van der Waals surface area contributed by atoms with Crippen molar-refractivity contribution in [3.8, 4) is 6.57 Å². The van der Waals surface area contributed by atoms with Crippen LogP contribution in [-0.2, 0) is 0 Å². The second kappa shape index (κ2) is 7.12. The molecular weight excluding hydrogens is 354 g/mol. The summed E-state index contributed by atoms with van der Waals surface area (Å²) in [5.41, 5.74) is 4.26. The van der Waals surface area contributed by atoms with E-state index in [4.69, 9.17) is 6.57 Å². The van der Waals surface area contributed by atoms with Crippen LogP contribution in [-0.4, -0.2) is 16.7 Å². The van der Waals surface area contributed by atoms with Gasteiger partial charge in [0.05, 0.1) is 11.5 Å². The molecule has 0 radical (unpaired) electrons. The summed E-state index contributed by atoms with van der Waals surface area (Å²) < 4.78 is 0. The van der Waals surface area contributed by atoms with Crippen molar-refractivity contribution < 1.29 is 5.11 Å². The van der Waals surface area contributed by atoms with Gasteiger partial charge in [-0.05, 0) is 80.1 Å². The van der Waals surface area contributed by atoms with Crippen molar-refractivity contribution in [3.05, 3.63) is 40.3 Å². The molecule has 4 aliphatic carbocycles. The molecule has 4 aliphatic rings. The molecule has 0 amide bonds. The number of aliphatic hydroxyl groups excluding tert-OH is 1. The van der Waals surface area contributed by atoms with Gasteiger partial charge in [-0.1, -0.05) is 56.8 Å². The van der Waals surface area contributed by atoms with Crippen molar-refractivity contribution in [1.29, 1.82) is 0 Å². The lowest BCUT2D eigenvalue weighted by molar-refractivity contribution is 0.0698. The fourth-order valence-corrected chi connectivity index (χ4v) is 7.85. The van der Waals surface area contributed by atoms with Crippen molar-refractivity contribution in [1.82, 2.24) is 0 Å². The Balaban J connectivity index is 1.66. The first-order chi connectivity index (χ1) is 13.7. The van der Waals surface area contributed by atoms with Crippen molar-refractivity contribution in [3.63, 3.8) is 0 Å². The summed E-state index contributed by atoms with van der Waals surface area (Å²) in [5, 5.41) is 10.3. The van der Waals surface area contributed by atoms with Gasteiger partial charge in [-0.3, -0.25) is 0 Å². The molecule has 0 aromatic carbocycles. The number of fused-ring (bicyclic) bond motifs is 1. The Bertz CT molecular complexity index is 780. The topological polar surface area (TPSA) is 24.6 Å². The molecule has 0 aromatic rings. The van der Waals surface area contributed by atoms with Gasteiger partial charge in [-0.25, -0.2) is 0 Å². The molecule has 0 bridgehead atoms. The highest BCUT2D eigenvalue weighted by Gasteiger charge is 2.74. The van der Waals surface area contributed by atoms with Gasteiger partial charge in [-0.15, -0.1) is 0 Å². The normalized spacial score (nSPS) is 49.9. The molecule has 29 heavy (non-hydrogen) atoms. The fourth-order valence-electron chi connectivity index (χ4n) is 7.85. The SMILES string of the molecule is C#[N+][C@@]12CC[C@H]([C@]3(CC)CC3C)[C@@]1(C)CCC/C2=C\C=C1/C[C@@H](C)C(=C)[C@H](O)C1. The Hall–Kier alpha value is -1.33. The number of rotatable bonds is 3. The molecule has 1 N–H and O–H groups in total. The summed E-state index contributed by atoms with van der Waals surface area (Å²) >= 11 is 0. The largest absolute Gasteiger partial charge is 0.388 e. The quantitative estimate of drug-likeness (QED) is 0.516. The van der Waals surface area contributed by atoms with Crippen molar-refractivity contribution >= 4 is 0 Å². The summed E-state index contributed by atoms with van der Waals surface area (Å²) in [7, 11) is 0. The van der Waals surface area contributed by atoms with Crippen LogP contribution in [0.25, 0.3) is 4.85 Å². The Morgan fingerprint density at radius 2 is 1.97 bits per heavy atom. The molecule has 2 heteroatoms. The third-order valence-electron chi connectivity index (χ3n) is 9.87. The van der Waals surface area contributed by atoms with Gasteiger partial charge in [0.15, 0.2) is 0 Å². The number of hydrogen-bond acceptors (Lipinski definition) is 1. The maximum absolute atomic E-state index is 10.3. The second-order valence-electron chi connectivity index (χ2n) is 11.0. The Morgan fingerprint density at radius 3 is 2.55 bits per heavy atom. The highest BCUT2D eigenvalue weighted by molar-refractivity contribution is 5.41. The molecule has 1 unspecified atom stereocenters. The molecule has 4 saturated carbocycles. The van der Waals surface area contributed by atoms with E-state index >= 15 is 0 Å². The zero-order valence-electron chi connectivity index (χ0n) is 19.0. The first-order valence-electron chi connectivity index (χ1n) is 11.9. The average molecular weight is 395 g/mol. The van der Waals surface area contributed by atoms with Crippen molar-refractivity contribution in [2.45, 2.75) is 97.1 Å². The van der Waals surface area contributed by atoms with Crippen LogP contribution >= 0.6 is 0 Å². The van der Waals surface area contributed by atoms with Crippen molar-refractivity contribution in [2.75, 3.05) is 0 Å². The molecule has 2 nitrogen and oxygen atoms in total. The van der Waals surface area contributed by atoms with Crippen LogP contribution in [0.2, 0.25) is 0 Å². The number of aliphatic hydroxyl groups is 1. The van der Waals surface area contributed by atoms with E-state index in [-0.39, 0.29) is 11.0 Å². The van der Waals surface area contributed by atoms with Gasteiger partial charge in [0.2, 0.25) is 0 Å². The van der Waals surface area contributed by atoms with Crippen LogP contribution < -0.4 is 0 Å². The summed E-state index contributed by atoms with van der Waals surface area (Å²) in [6.07, 6.45) is 14.6. The predicted octanol–water partition coefficient (Wildman–Crippen LogP) is 6.92. The molecule has 4 fully saturated rings. The third kappa shape index (κ3) is 2.91. The van der Waals surface area contributed by atoms with E-state index in [9.17, 15) is 5.11 Å². The number of hydrogen-bond donors (Lipinski definition) is 1. The Kier molecular flexibility index (Phi) is 5.14. The summed E-state index contributed by atoms with van der Waals surface area (Å²) in [6.45, 7) is 19.8. The van der Waals surface area contributed by atoms with Crippen LogP contribution in [0.5, 0.6) is 0 Å². The predicted molar refractivity (Wildman–Crippen MR) is 122 cm³/mol. The summed E-state index contributed by atoms with van der Waals surface area (Å²) in [5.74, 6) is 1.93. The lowest BCUT2D eigenvalue weighted by atomic mass is 9.56. The summed E-state index contributed by atoms with van der Waals surface area (Å²) in [4.78, 5) is 4.69. The van der Waals surface area contributed by atoms with E-state index in [1.165, 1.54) is 43.3 Å².